The highest BCUT2D eigenvalue weighted by atomic mass is 31.0. The maximum Gasteiger partial charge on any atom is 0.305 e. The first-order valence-electron chi connectivity index (χ1n) is 10.5. The standard InChI is InChI=1S/C24H35O5P3/c1-26-23(25)19-13-7-11-17-21(27-30)16-10-4-2-3-5-12-18-22(28-31)24(29-32)20-14-8-6-9-15-20/h2-6,8-10,12,14-16,18,21-22,24H,7,11,13,17,19,30-32H2,1H3/b4-2-,5-3+,16-10+,18-12+. The van der Waals surface area contributed by atoms with Crippen LogP contribution in [0, 0.1) is 0 Å². The quantitative estimate of drug-likeness (QED) is 0.118. The van der Waals surface area contributed by atoms with Crippen LogP contribution in [0.3, 0.4) is 0 Å². The summed E-state index contributed by atoms with van der Waals surface area (Å²) in [6, 6.07) is 9.95. The lowest BCUT2D eigenvalue weighted by Crippen LogP contribution is -2.17. The summed E-state index contributed by atoms with van der Waals surface area (Å²) in [6.45, 7) is 0. The number of hydrogen-bond acceptors (Lipinski definition) is 5. The highest BCUT2D eigenvalue weighted by Crippen LogP contribution is 2.27. The Labute approximate surface area is 199 Å². The molecule has 176 valence electrons. The Morgan fingerprint density at radius 2 is 1.50 bits per heavy atom. The first-order valence-corrected chi connectivity index (χ1v) is 11.9. The summed E-state index contributed by atoms with van der Waals surface area (Å²) in [5.41, 5.74) is 1.04. The maximum atomic E-state index is 11.1. The van der Waals surface area contributed by atoms with Crippen LogP contribution >= 0.6 is 28.4 Å². The molecule has 1 rings (SSSR count). The molecule has 0 aliphatic rings. The molecule has 0 N–H and O–H groups in total. The zero-order chi connectivity index (χ0) is 23.4. The van der Waals surface area contributed by atoms with Gasteiger partial charge in [-0.25, -0.2) is 0 Å². The topological polar surface area (TPSA) is 54.0 Å². The number of rotatable bonds is 16. The van der Waals surface area contributed by atoms with Gasteiger partial charge < -0.3 is 18.3 Å². The fourth-order valence-corrected chi connectivity index (χ4v) is 3.70. The second-order valence-electron chi connectivity index (χ2n) is 6.96. The predicted molar refractivity (Wildman–Crippen MR) is 141 cm³/mol. The summed E-state index contributed by atoms with van der Waals surface area (Å²) in [5.74, 6) is -0.151. The molecule has 0 aliphatic carbocycles. The van der Waals surface area contributed by atoms with E-state index in [9.17, 15) is 4.79 Å². The largest absolute Gasteiger partial charge is 0.469 e. The third-order valence-corrected chi connectivity index (χ3v) is 5.64. The number of unbranched alkanes of at least 4 members (excludes halogenated alkanes) is 2. The SMILES string of the molecule is COC(=O)CCCCCC(/C=C/C=C\C=C\C=C\C(OP)C(OP)c1ccccc1)OP. The highest BCUT2D eigenvalue weighted by molar-refractivity contribution is 7.10. The van der Waals surface area contributed by atoms with Crippen LogP contribution in [0.2, 0.25) is 0 Å². The van der Waals surface area contributed by atoms with Gasteiger partial charge in [0.2, 0.25) is 0 Å². The Morgan fingerprint density at radius 3 is 2.09 bits per heavy atom. The van der Waals surface area contributed by atoms with E-state index >= 15 is 0 Å². The molecule has 0 heterocycles. The molecular formula is C24H35O5P3. The molecule has 32 heavy (non-hydrogen) atoms. The van der Waals surface area contributed by atoms with E-state index in [1.54, 1.807) is 0 Å². The van der Waals surface area contributed by atoms with Gasteiger partial charge in [-0.15, -0.1) is 0 Å². The molecule has 0 radical (unpaired) electrons. The fraction of sp³-hybridized carbons (Fsp3) is 0.375. The zero-order valence-corrected chi connectivity index (χ0v) is 22.0. The van der Waals surface area contributed by atoms with Crippen molar-refractivity contribution in [3.63, 3.8) is 0 Å². The van der Waals surface area contributed by atoms with Crippen molar-refractivity contribution in [1.29, 1.82) is 0 Å². The second-order valence-corrected chi connectivity index (χ2v) is 7.77. The number of esters is 1. The Hall–Kier alpha value is -1.18. The monoisotopic (exact) mass is 496 g/mol. The summed E-state index contributed by atoms with van der Waals surface area (Å²) in [4.78, 5) is 11.1. The van der Waals surface area contributed by atoms with Crippen molar-refractivity contribution in [2.75, 3.05) is 7.11 Å². The summed E-state index contributed by atoms with van der Waals surface area (Å²) < 4.78 is 21.1. The van der Waals surface area contributed by atoms with Crippen molar-refractivity contribution in [3.8, 4) is 0 Å². The summed E-state index contributed by atoms with van der Waals surface area (Å²) in [6.07, 6.45) is 19.5. The van der Waals surface area contributed by atoms with E-state index in [0.29, 0.717) is 6.42 Å². The molecule has 0 aromatic heterocycles. The van der Waals surface area contributed by atoms with Crippen LogP contribution in [-0.4, -0.2) is 25.3 Å². The van der Waals surface area contributed by atoms with E-state index in [2.05, 4.69) is 33.1 Å². The van der Waals surface area contributed by atoms with Gasteiger partial charge >= 0.3 is 5.97 Å². The lowest BCUT2D eigenvalue weighted by atomic mass is 10.0. The van der Waals surface area contributed by atoms with Crippen LogP contribution in [0.1, 0.15) is 43.8 Å². The molecule has 5 nitrogen and oxygen atoms in total. The molecule has 0 fully saturated rings. The smallest absolute Gasteiger partial charge is 0.305 e. The number of methoxy groups -OCH3 is 1. The van der Waals surface area contributed by atoms with Crippen LogP contribution in [0.15, 0.2) is 78.9 Å². The normalized spacial score (nSPS) is 15.1. The highest BCUT2D eigenvalue weighted by Gasteiger charge is 2.20. The first kappa shape index (κ1) is 28.9. The van der Waals surface area contributed by atoms with Gasteiger partial charge in [0.15, 0.2) is 0 Å². The second kappa shape index (κ2) is 19.3. The van der Waals surface area contributed by atoms with Crippen LogP contribution in [0.5, 0.6) is 0 Å². The molecule has 1 aromatic carbocycles. The van der Waals surface area contributed by atoms with Crippen molar-refractivity contribution in [2.45, 2.75) is 50.4 Å². The molecule has 0 amide bonds. The summed E-state index contributed by atoms with van der Waals surface area (Å²) in [7, 11) is 8.36. The van der Waals surface area contributed by atoms with Crippen LogP contribution in [-0.2, 0) is 23.1 Å². The van der Waals surface area contributed by atoms with Gasteiger partial charge in [0.05, 0.1) is 13.2 Å². The average Bonchev–Trinajstić information content (AvgIpc) is 2.83. The van der Waals surface area contributed by atoms with E-state index in [-0.39, 0.29) is 24.3 Å². The van der Waals surface area contributed by atoms with Crippen molar-refractivity contribution >= 4 is 34.4 Å². The van der Waals surface area contributed by atoms with Crippen molar-refractivity contribution in [3.05, 3.63) is 84.5 Å². The molecule has 1 aromatic rings. The number of allylic oxidation sites excluding steroid dienone is 6. The van der Waals surface area contributed by atoms with Gasteiger partial charge in [-0.3, -0.25) is 4.79 Å². The molecule has 8 heteroatoms. The maximum absolute atomic E-state index is 11.1. The van der Waals surface area contributed by atoms with E-state index in [1.807, 2.05) is 78.9 Å². The number of carbonyl (C=O) groups is 1. The average molecular weight is 496 g/mol. The number of hydrogen-bond donors (Lipinski definition) is 0. The van der Waals surface area contributed by atoms with E-state index in [1.165, 1.54) is 7.11 Å². The van der Waals surface area contributed by atoms with Gasteiger partial charge in [0.1, 0.15) is 12.2 Å². The zero-order valence-electron chi connectivity index (χ0n) is 18.5. The Balaban J connectivity index is 2.40. The van der Waals surface area contributed by atoms with Crippen molar-refractivity contribution in [2.24, 2.45) is 0 Å². The van der Waals surface area contributed by atoms with Gasteiger partial charge in [-0.2, -0.15) is 0 Å². The van der Waals surface area contributed by atoms with Crippen LogP contribution in [0.4, 0.5) is 0 Å². The van der Waals surface area contributed by atoms with Crippen LogP contribution < -0.4 is 0 Å². The minimum atomic E-state index is -0.235. The van der Waals surface area contributed by atoms with Crippen molar-refractivity contribution in [1.82, 2.24) is 0 Å². The number of carbonyl (C=O) groups excluding carboxylic acids is 1. The summed E-state index contributed by atoms with van der Waals surface area (Å²) >= 11 is 0. The minimum Gasteiger partial charge on any atom is -0.469 e. The molecule has 0 bridgehead atoms. The Kier molecular flexibility index (Phi) is 17.4. The molecule has 6 unspecified atom stereocenters. The van der Waals surface area contributed by atoms with Gasteiger partial charge in [-0.05, 0) is 18.4 Å². The lowest BCUT2D eigenvalue weighted by Gasteiger charge is -2.22. The molecule has 0 saturated carbocycles. The minimum absolute atomic E-state index is 0.0356. The lowest BCUT2D eigenvalue weighted by molar-refractivity contribution is -0.140. The van der Waals surface area contributed by atoms with Crippen LogP contribution in [0.25, 0.3) is 0 Å². The van der Waals surface area contributed by atoms with Gasteiger partial charge in [0, 0.05) is 34.8 Å². The third kappa shape index (κ3) is 12.8. The van der Waals surface area contributed by atoms with E-state index < -0.39 is 0 Å². The third-order valence-electron chi connectivity index (χ3n) is 4.68. The Morgan fingerprint density at radius 1 is 0.844 bits per heavy atom. The number of benzene rings is 1. The number of ether oxygens (including phenoxy) is 1. The Bertz CT molecular complexity index is 734. The fourth-order valence-electron chi connectivity index (χ4n) is 2.93. The van der Waals surface area contributed by atoms with E-state index in [0.717, 1.165) is 31.2 Å². The van der Waals surface area contributed by atoms with Gasteiger partial charge in [-0.1, -0.05) is 91.8 Å². The first-order chi connectivity index (χ1) is 15.7. The predicted octanol–water partition coefficient (Wildman–Crippen LogP) is 6.23. The molecular weight excluding hydrogens is 461 g/mol. The van der Waals surface area contributed by atoms with Gasteiger partial charge in [0.25, 0.3) is 0 Å². The molecule has 0 aliphatic heterocycles. The molecule has 6 atom stereocenters. The summed E-state index contributed by atoms with van der Waals surface area (Å²) in [5, 5.41) is 0. The van der Waals surface area contributed by atoms with E-state index in [4.69, 9.17) is 13.6 Å². The molecule has 0 spiro atoms. The molecule has 0 saturated heterocycles. The van der Waals surface area contributed by atoms with Crippen molar-refractivity contribution < 1.29 is 23.1 Å².